The van der Waals surface area contributed by atoms with E-state index in [-0.39, 0.29) is 0 Å². The van der Waals surface area contributed by atoms with Crippen molar-refractivity contribution in [1.82, 2.24) is 4.98 Å². The fourth-order valence-electron chi connectivity index (χ4n) is 1.92. The minimum absolute atomic E-state index is 0.647. The lowest BCUT2D eigenvalue weighted by Gasteiger charge is -2.10. The minimum Gasteiger partial charge on any atom is -0.378 e. The van der Waals surface area contributed by atoms with Gasteiger partial charge in [0.25, 0.3) is 0 Å². The monoisotopic (exact) mass is 386 g/mol. The average Bonchev–Trinajstić information content (AvgIpc) is 2.88. The van der Waals surface area contributed by atoms with Crippen LogP contribution in [0.25, 0.3) is 10.2 Å². The topological polar surface area (TPSA) is 24.9 Å². The number of nitrogens with zero attached hydrogens (tertiary/aromatic N) is 1. The number of hydrogen-bond donors (Lipinski definition) is 1. The maximum atomic E-state index is 6.26. The largest absolute Gasteiger partial charge is 0.378 e. The highest BCUT2D eigenvalue weighted by atomic mass is 79.9. The Balaban J connectivity index is 1.90. The van der Waals surface area contributed by atoms with E-state index in [1.54, 1.807) is 11.3 Å². The zero-order chi connectivity index (χ0) is 14.1. The van der Waals surface area contributed by atoms with Crippen molar-refractivity contribution < 1.29 is 0 Å². The highest BCUT2D eigenvalue weighted by Crippen LogP contribution is 2.33. The molecule has 0 aliphatic carbocycles. The predicted octanol–water partition coefficient (Wildman–Crippen LogP) is 5.98. The van der Waals surface area contributed by atoms with Gasteiger partial charge < -0.3 is 5.32 Å². The van der Waals surface area contributed by atoms with Crippen LogP contribution in [0.3, 0.4) is 0 Å². The lowest BCUT2D eigenvalue weighted by Crippen LogP contribution is -2.01. The molecule has 6 heteroatoms. The molecule has 2 nitrogen and oxygen atoms in total. The lowest BCUT2D eigenvalue weighted by molar-refractivity contribution is 1.14. The molecule has 102 valence electrons. The molecule has 3 rings (SSSR count). The van der Waals surface area contributed by atoms with Gasteiger partial charge >= 0.3 is 0 Å². The first-order valence-corrected chi connectivity index (χ1v) is 8.27. The molecule has 1 aromatic heterocycles. The molecule has 0 saturated heterocycles. The molecule has 0 amide bonds. The Hall–Kier alpha value is -0.810. The summed E-state index contributed by atoms with van der Waals surface area (Å²) in [5.74, 6) is 0. The average molecular weight is 388 g/mol. The van der Waals surface area contributed by atoms with Crippen molar-refractivity contribution in [3.63, 3.8) is 0 Å². The predicted molar refractivity (Wildman–Crippen MR) is 91.1 cm³/mol. The van der Waals surface area contributed by atoms with E-state index in [1.165, 1.54) is 0 Å². The molecule has 0 atom stereocenters. The summed E-state index contributed by atoms with van der Waals surface area (Å²) in [6.07, 6.45) is 0. The Labute approximate surface area is 138 Å². The third kappa shape index (κ3) is 2.79. The summed E-state index contributed by atoms with van der Waals surface area (Å²) in [6, 6.07) is 9.60. The van der Waals surface area contributed by atoms with Crippen LogP contribution in [-0.2, 0) is 6.54 Å². The molecule has 3 aromatic rings. The molecule has 0 bridgehead atoms. The van der Waals surface area contributed by atoms with Crippen LogP contribution < -0.4 is 5.32 Å². The molecule has 0 aliphatic rings. The van der Waals surface area contributed by atoms with Crippen LogP contribution in [0.2, 0.25) is 10.0 Å². The van der Waals surface area contributed by atoms with Crippen LogP contribution in [0.4, 0.5) is 5.69 Å². The van der Waals surface area contributed by atoms with E-state index >= 15 is 0 Å². The Kier molecular flexibility index (Phi) is 4.17. The number of benzene rings is 2. The maximum absolute atomic E-state index is 6.26. The number of rotatable bonds is 3. The van der Waals surface area contributed by atoms with E-state index < -0.39 is 0 Å². The number of fused-ring (bicyclic) bond motifs is 1. The Morgan fingerprint density at radius 1 is 1.20 bits per heavy atom. The van der Waals surface area contributed by atoms with E-state index in [0.29, 0.717) is 16.6 Å². The maximum Gasteiger partial charge on any atom is 0.106 e. The molecule has 2 aromatic carbocycles. The SMILES string of the molecule is Clc1ccc(CNc2c(Cl)ccc3scnc23)c(Br)c1. The quantitative estimate of drug-likeness (QED) is 0.598. The first-order valence-electron chi connectivity index (χ1n) is 5.84. The summed E-state index contributed by atoms with van der Waals surface area (Å²) >= 11 is 17.3. The van der Waals surface area contributed by atoms with Crippen LogP contribution in [0, 0.1) is 0 Å². The Morgan fingerprint density at radius 3 is 2.85 bits per heavy atom. The fraction of sp³-hybridized carbons (Fsp3) is 0.0714. The Bertz CT molecular complexity index is 773. The van der Waals surface area contributed by atoms with Gasteiger partial charge in [-0.15, -0.1) is 11.3 Å². The standard InChI is InChI=1S/C14H9BrCl2N2S/c15-10-5-9(16)2-1-8(10)6-18-13-11(17)3-4-12-14(13)19-7-20-12/h1-5,7,18H,6H2. The normalized spacial score (nSPS) is 10.9. The molecule has 1 N–H and O–H groups in total. The van der Waals surface area contributed by atoms with Gasteiger partial charge in [-0.05, 0) is 29.8 Å². The number of hydrogen-bond acceptors (Lipinski definition) is 3. The van der Waals surface area contributed by atoms with Gasteiger partial charge in [-0.25, -0.2) is 4.98 Å². The van der Waals surface area contributed by atoms with E-state index in [9.17, 15) is 0 Å². The number of halogens is 3. The molecule has 0 aliphatic heterocycles. The number of nitrogens with one attached hydrogen (secondary N) is 1. The molecule has 1 heterocycles. The molecular formula is C14H9BrCl2N2S. The van der Waals surface area contributed by atoms with Crippen LogP contribution in [0.1, 0.15) is 5.56 Å². The van der Waals surface area contributed by atoms with Crippen LogP contribution >= 0.6 is 50.5 Å². The summed E-state index contributed by atoms with van der Waals surface area (Å²) in [5.41, 5.74) is 4.71. The first-order chi connectivity index (χ1) is 9.65. The minimum atomic E-state index is 0.647. The van der Waals surface area contributed by atoms with E-state index in [4.69, 9.17) is 23.2 Å². The van der Waals surface area contributed by atoms with Gasteiger partial charge in [0.15, 0.2) is 0 Å². The van der Waals surface area contributed by atoms with Crippen molar-refractivity contribution in [2.75, 3.05) is 5.32 Å². The van der Waals surface area contributed by atoms with Gasteiger partial charge in [0.05, 0.1) is 20.9 Å². The van der Waals surface area contributed by atoms with E-state index in [0.717, 1.165) is 25.9 Å². The fourth-order valence-corrected chi connectivity index (χ4v) is 3.65. The third-order valence-corrected chi connectivity index (χ3v) is 5.00. The van der Waals surface area contributed by atoms with Crippen molar-refractivity contribution in [3.05, 3.63) is 55.9 Å². The zero-order valence-corrected chi connectivity index (χ0v) is 14.1. The van der Waals surface area contributed by atoms with Crippen molar-refractivity contribution in [2.45, 2.75) is 6.54 Å². The summed E-state index contributed by atoms with van der Waals surface area (Å²) in [4.78, 5) is 4.37. The van der Waals surface area contributed by atoms with E-state index in [2.05, 4.69) is 26.2 Å². The van der Waals surface area contributed by atoms with E-state index in [1.807, 2.05) is 35.8 Å². The second-order valence-electron chi connectivity index (χ2n) is 4.21. The van der Waals surface area contributed by atoms with Crippen molar-refractivity contribution in [1.29, 1.82) is 0 Å². The number of thiazole rings is 1. The third-order valence-electron chi connectivity index (χ3n) is 2.92. The summed E-state index contributed by atoms with van der Waals surface area (Å²) < 4.78 is 2.09. The highest BCUT2D eigenvalue weighted by molar-refractivity contribution is 9.10. The second kappa shape index (κ2) is 5.90. The second-order valence-corrected chi connectivity index (χ2v) is 6.80. The lowest BCUT2D eigenvalue weighted by atomic mass is 10.2. The van der Waals surface area contributed by atoms with Gasteiger partial charge in [0.2, 0.25) is 0 Å². The molecular weight excluding hydrogens is 379 g/mol. The van der Waals surface area contributed by atoms with Gasteiger partial charge in [-0.1, -0.05) is 45.2 Å². The van der Waals surface area contributed by atoms with Crippen molar-refractivity contribution >= 4 is 66.4 Å². The molecule has 0 fully saturated rings. The number of anilines is 1. The van der Waals surface area contributed by atoms with Gasteiger partial charge in [-0.2, -0.15) is 0 Å². The smallest absolute Gasteiger partial charge is 0.106 e. The van der Waals surface area contributed by atoms with Crippen LogP contribution in [0.5, 0.6) is 0 Å². The van der Waals surface area contributed by atoms with Gasteiger partial charge in [0, 0.05) is 16.0 Å². The van der Waals surface area contributed by atoms with Crippen molar-refractivity contribution in [3.8, 4) is 0 Å². The summed E-state index contributed by atoms with van der Waals surface area (Å²) in [7, 11) is 0. The van der Waals surface area contributed by atoms with Crippen LogP contribution in [-0.4, -0.2) is 4.98 Å². The van der Waals surface area contributed by atoms with Crippen molar-refractivity contribution in [2.24, 2.45) is 0 Å². The Morgan fingerprint density at radius 2 is 2.05 bits per heavy atom. The molecule has 0 radical (unpaired) electrons. The van der Waals surface area contributed by atoms with Gasteiger partial charge in [0.1, 0.15) is 5.52 Å². The number of aromatic nitrogens is 1. The molecule has 0 spiro atoms. The summed E-state index contributed by atoms with van der Waals surface area (Å²) in [5, 5.41) is 4.74. The molecule has 0 unspecified atom stereocenters. The summed E-state index contributed by atoms with van der Waals surface area (Å²) in [6.45, 7) is 0.647. The zero-order valence-electron chi connectivity index (χ0n) is 10.2. The molecule has 20 heavy (non-hydrogen) atoms. The van der Waals surface area contributed by atoms with Gasteiger partial charge in [-0.3, -0.25) is 0 Å². The highest BCUT2D eigenvalue weighted by Gasteiger charge is 2.09. The molecule has 0 saturated carbocycles. The van der Waals surface area contributed by atoms with Crippen LogP contribution in [0.15, 0.2) is 40.3 Å². The first kappa shape index (κ1) is 14.1.